The molecule has 21 heavy (non-hydrogen) atoms. The van der Waals surface area contributed by atoms with Crippen molar-refractivity contribution in [2.45, 2.75) is 13.3 Å². The Balaban J connectivity index is 2.01. The Hall–Kier alpha value is -2.76. The molecule has 2 rings (SSSR count). The molecule has 0 aliphatic rings. The number of hydrogen-bond acceptors (Lipinski definition) is 4. The molecule has 1 aromatic heterocycles. The predicted molar refractivity (Wildman–Crippen MR) is 78.1 cm³/mol. The van der Waals surface area contributed by atoms with E-state index in [1.165, 1.54) is 12.1 Å². The number of nitro benzene ring substituents is 1. The molecule has 0 radical (unpaired) electrons. The molecule has 1 aromatic carbocycles. The highest BCUT2D eigenvalue weighted by molar-refractivity contribution is 5.96. The summed E-state index contributed by atoms with van der Waals surface area (Å²) in [4.78, 5) is 26.6. The second-order valence-electron chi connectivity index (χ2n) is 4.53. The van der Waals surface area contributed by atoms with Crippen LogP contribution in [0.2, 0.25) is 0 Å². The lowest BCUT2D eigenvalue weighted by Crippen LogP contribution is -2.26. The van der Waals surface area contributed by atoms with Crippen LogP contribution in [0.3, 0.4) is 0 Å². The third kappa shape index (κ3) is 3.62. The Morgan fingerprint density at radius 3 is 2.76 bits per heavy atom. The molecule has 0 aliphatic carbocycles. The van der Waals surface area contributed by atoms with Gasteiger partial charge in [0.1, 0.15) is 0 Å². The zero-order chi connectivity index (χ0) is 15.2. The first-order valence-electron chi connectivity index (χ1n) is 6.51. The van der Waals surface area contributed by atoms with Gasteiger partial charge in [-0.1, -0.05) is 12.1 Å². The van der Waals surface area contributed by atoms with Gasteiger partial charge in [-0.25, -0.2) is 0 Å². The van der Waals surface area contributed by atoms with Gasteiger partial charge in [-0.3, -0.25) is 19.9 Å². The Morgan fingerprint density at radius 1 is 1.29 bits per heavy atom. The molecule has 1 amide bonds. The summed E-state index contributed by atoms with van der Waals surface area (Å²) in [5.41, 5.74) is 1.53. The van der Waals surface area contributed by atoms with Crippen LogP contribution in [0, 0.1) is 17.0 Å². The van der Waals surface area contributed by atoms with Crippen LogP contribution in [-0.4, -0.2) is 22.4 Å². The average Bonchev–Trinajstić information content (AvgIpc) is 2.48. The molecule has 0 fully saturated rings. The highest BCUT2D eigenvalue weighted by Crippen LogP contribution is 2.20. The van der Waals surface area contributed by atoms with E-state index in [1.54, 1.807) is 19.2 Å². The van der Waals surface area contributed by atoms with Gasteiger partial charge in [0.2, 0.25) is 0 Å². The van der Waals surface area contributed by atoms with Crippen molar-refractivity contribution >= 4 is 11.6 Å². The molecule has 0 bridgehead atoms. The maximum atomic E-state index is 12.1. The van der Waals surface area contributed by atoms with Crippen molar-refractivity contribution in [1.29, 1.82) is 0 Å². The number of hydrogen-bond donors (Lipinski definition) is 1. The third-order valence-corrected chi connectivity index (χ3v) is 3.14. The first kappa shape index (κ1) is 14.6. The highest BCUT2D eigenvalue weighted by Gasteiger charge is 2.17. The van der Waals surface area contributed by atoms with E-state index in [0.29, 0.717) is 24.1 Å². The summed E-state index contributed by atoms with van der Waals surface area (Å²) in [5, 5.41) is 13.6. The van der Waals surface area contributed by atoms with Gasteiger partial charge < -0.3 is 5.32 Å². The maximum absolute atomic E-state index is 12.1. The summed E-state index contributed by atoms with van der Waals surface area (Å²) in [5.74, 6) is -0.313. The second-order valence-corrected chi connectivity index (χ2v) is 4.53. The summed E-state index contributed by atoms with van der Waals surface area (Å²) in [6.45, 7) is 2.00. The molecule has 6 heteroatoms. The van der Waals surface area contributed by atoms with Crippen LogP contribution in [0.1, 0.15) is 21.6 Å². The molecule has 6 nitrogen and oxygen atoms in total. The van der Waals surface area contributed by atoms with Gasteiger partial charge in [0, 0.05) is 42.0 Å². The van der Waals surface area contributed by atoms with Gasteiger partial charge in [0.15, 0.2) is 0 Å². The van der Waals surface area contributed by atoms with Crippen molar-refractivity contribution in [3.05, 3.63) is 69.5 Å². The minimum Gasteiger partial charge on any atom is -0.352 e. The van der Waals surface area contributed by atoms with Crippen LogP contribution < -0.4 is 5.32 Å². The predicted octanol–water partition coefficient (Wildman–Crippen LogP) is 2.27. The van der Waals surface area contributed by atoms with Crippen molar-refractivity contribution in [3.8, 4) is 0 Å². The number of carbonyl (C=O) groups is 1. The van der Waals surface area contributed by atoms with Crippen LogP contribution in [0.4, 0.5) is 5.69 Å². The largest absolute Gasteiger partial charge is 0.352 e. The second kappa shape index (κ2) is 6.60. The number of nitrogens with zero attached hydrogens (tertiary/aromatic N) is 2. The quantitative estimate of drug-likeness (QED) is 0.674. The number of nitro groups is 1. The Labute approximate surface area is 122 Å². The fraction of sp³-hybridized carbons (Fsp3) is 0.200. The number of aromatic nitrogens is 1. The van der Waals surface area contributed by atoms with Gasteiger partial charge in [-0.2, -0.15) is 0 Å². The van der Waals surface area contributed by atoms with Crippen LogP contribution in [0.5, 0.6) is 0 Å². The minimum absolute atomic E-state index is 0.0487. The first-order valence-corrected chi connectivity index (χ1v) is 6.51. The van der Waals surface area contributed by atoms with Crippen LogP contribution in [0.15, 0.2) is 42.6 Å². The maximum Gasteiger partial charge on any atom is 0.273 e. The molecular weight excluding hydrogens is 270 g/mol. The topological polar surface area (TPSA) is 85.1 Å². The van der Waals surface area contributed by atoms with Crippen molar-refractivity contribution in [3.63, 3.8) is 0 Å². The van der Waals surface area contributed by atoms with E-state index < -0.39 is 4.92 Å². The van der Waals surface area contributed by atoms with E-state index in [1.807, 2.05) is 18.2 Å². The summed E-state index contributed by atoms with van der Waals surface area (Å²) in [6, 6.07) is 10.1. The van der Waals surface area contributed by atoms with Crippen molar-refractivity contribution in [2.24, 2.45) is 0 Å². The van der Waals surface area contributed by atoms with E-state index in [4.69, 9.17) is 0 Å². The van der Waals surface area contributed by atoms with E-state index in [0.717, 1.165) is 5.69 Å². The van der Waals surface area contributed by atoms with Gasteiger partial charge in [-0.05, 0) is 25.1 Å². The summed E-state index contributed by atoms with van der Waals surface area (Å²) in [6.07, 6.45) is 2.31. The highest BCUT2D eigenvalue weighted by atomic mass is 16.6. The van der Waals surface area contributed by atoms with Gasteiger partial charge >= 0.3 is 0 Å². The van der Waals surface area contributed by atoms with Gasteiger partial charge in [0.05, 0.1) is 4.92 Å². The Morgan fingerprint density at radius 2 is 2.10 bits per heavy atom. The van der Waals surface area contributed by atoms with E-state index >= 15 is 0 Å². The smallest absolute Gasteiger partial charge is 0.273 e. The summed E-state index contributed by atoms with van der Waals surface area (Å²) >= 11 is 0. The monoisotopic (exact) mass is 285 g/mol. The zero-order valence-corrected chi connectivity index (χ0v) is 11.6. The van der Waals surface area contributed by atoms with Crippen molar-refractivity contribution in [1.82, 2.24) is 10.3 Å². The van der Waals surface area contributed by atoms with E-state index in [2.05, 4.69) is 10.3 Å². The molecule has 0 unspecified atom stereocenters. The lowest BCUT2D eigenvalue weighted by molar-refractivity contribution is -0.385. The fourth-order valence-corrected chi connectivity index (χ4v) is 2.01. The van der Waals surface area contributed by atoms with Crippen LogP contribution in [-0.2, 0) is 6.42 Å². The molecule has 0 saturated carbocycles. The summed E-state index contributed by atoms with van der Waals surface area (Å²) in [7, 11) is 0. The first-order chi connectivity index (χ1) is 10.1. The van der Waals surface area contributed by atoms with E-state index in [9.17, 15) is 14.9 Å². The van der Waals surface area contributed by atoms with Crippen LogP contribution >= 0.6 is 0 Å². The number of amides is 1. The summed E-state index contributed by atoms with van der Waals surface area (Å²) < 4.78 is 0. The van der Waals surface area contributed by atoms with Gasteiger partial charge in [-0.15, -0.1) is 0 Å². The van der Waals surface area contributed by atoms with Crippen molar-refractivity contribution < 1.29 is 9.72 Å². The van der Waals surface area contributed by atoms with Crippen molar-refractivity contribution in [2.75, 3.05) is 6.54 Å². The number of rotatable bonds is 5. The zero-order valence-electron chi connectivity index (χ0n) is 11.6. The normalized spacial score (nSPS) is 10.1. The number of carbonyl (C=O) groups excluding carboxylic acids is 1. The standard InChI is InChI=1S/C15H15N3O3/c1-11-13(6-4-7-14(11)18(20)21)15(19)17-10-8-12-5-2-3-9-16-12/h2-7,9H,8,10H2,1H3,(H,17,19). The lowest BCUT2D eigenvalue weighted by atomic mass is 10.1. The number of pyridine rings is 1. The van der Waals surface area contributed by atoms with Crippen LogP contribution in [0.25, 0.3) is 0 Å². The molecule has 0 aliphatic heterocycles. The molecule has 2 aromatic rings. The number of benzene rings is 1. The molecule has 1 heterocycles. The fourth-order valence-electron chi connectivity index (χ4n) is 2.01. The Bertz CT molecular complexity index is 656. The minimum atomic E-state index is -0.486. The van der Waals surface area contributed by atoms with E-state index in [-0.39, 0.29) is 11.6 Å². The molecule has 108 valence electrons. The SMILES string of the molecule is Cc1c(C(=O)NCCc2ccccn2)cccc1[N+](=O)[O-]. The average molecular weight is 285 g/mol. The molecule has 1 N–H and O–H groups in total. The van der Waals surface area contributed by atoms with Gasteiger partial charge in [0.25, 0.3) is 11.6 Å². The molecule has 0 spiro atoms. The lowest BCUT2D eigenvalue weighted by Gasteiger charge is -2.07. The molecular formula is C15H15N3O3. The number of nitrogens with one attached hydrogen (secondary N) is 1. The third-order valence-electron chi connectivity index (χ3n) is 3.14. The molecule has 0 saturated heterocycles. The Kier molecular flexibility index (Phi) is 4.61. The molecule has 0 atom stereocenters.